The van der Waals surface area contributed by atoms with Crippen LogP contribution < -0.4 is 15.2 Å². The van der Waals surface area contributed by atoms with Crippen LogP contribution in [0.25, 0.3) is 0 Å². The molecular formula is C12H19NO2. The van der Waals surface area contributed by atoms with Crippen LogP contribution in [0.2, 0.25) is 0 Å². The molecule has 0 aliphatic carbocycles. The molecule has 0 atom stereocenters. The van der Waals surface area contributed by atoms with Gasteiger partial charge in [-0.1, -0.05) is 6.07 Å². The van der Waals surface area contributed by atoms with Gasteiger partial charge in [0.15, 0.2) is 0 Å². The molecule has 0 radical (unpaired) electrons. The second-order valence-electron chi connectivity index (χ2n) is 3.64. The van der Waals surface area contributed by atoms with E-state index in [1.165, 1.54) is 0 Å². The number of methoxy groups -OCH3 is 1. The zero-order valence-corrected chi connectivity index (χ0v) is 9.62. The molecule has 0 aliphatic heterocycles. The molecule has 15 heavy (non-hydrogen) atoms. The van der Waals surface area contributed by atoms with Crippen molar-refractivity contribution in [3.8, 4) is 11.5 Å². The monoisotopic (exact) mass is 209 g/mol. The summed E-state index contributed by atoms with van der Waals surface area (Å²) in [5, 5.41) is 0. The van der Waals surface area contributed by atoms with Crippen molar-refractivity contribution in [1.29, 1.82) is 0 Å². The van der Waals surface area contributed by atoms with E-state index >= 15 is 0 Å². The van der Waals surface area contributed by atoms with Crippen LogP contribution in [0.5, 0.6) is 11.5 Å². The molecule has 0 bridgehead atoms. The van der Waals surface area contributed by atoms with Gasteiger partial charge < -0.3 is 15.2 Å². The summed E-state index contributed by atoms with van der Waals surface area (Å²) in [4.78, 5) is 0. The van der Waals surface area contributed by atoms with Gasteiger partial charge in [0.2, 0.25) is 0 Å². The minimum absolute atomic E-state index is 0.161. The lowest BCUT2D eigenvalue weighted by atomic mass is 10.1. The predicted octanol–water partition coefficient (Wildman–Crippen LogP) is 1.98. The molecule has 0 amide bonds. The third-order valence-corrected chi connectivity index (χ3v) is 2.07. The molecule has 0 saturated heterocycles. The second-order valence-corrected chi connectivity index (χ2v) is 3.64. The standard InChI is InChI=1S/C12H19NO2/c1-9(2)15-12-6-4-5-11(14-3)10(12)7-8-13/h4-6,9H,7-8,13H2,1-3H3. The minimum atomic E-state index is 0.161. The van der Waals surface area contributed by atoms with Crippen molar-refractivity contribution < 1.29 is 9.47 Å². The van der Waals surface area contributed by atoms with E-state index in [-0.39, 0.29) is 6.10 Å². The Kier molecular flexibility index (Phi) is 4.43. The molecule has 0 saturated carbocycles. The quantitative estimate of drug-likeness (QED) is 0.806. The molecule has 3 nitrogen and oxygen atoms in total. The van der Waals surface area contributed by atoms with E-state index < -0.39 is 0 Å². The molecule has 84 valence electrons. The SMILES string of the molecule is COc1cccc(OC(C)C)c1CCN. The summed E-state index contributed by atoms with van der Waals surface area (Å²) in [6.45, 7) is 4.60. The van der Waals surface area contributed by atoms with Crippen LogP contribution in [0.1, 0.15) is 19.4 Å². The van der Waals surface area contributed by atoms with Crippen LogP contribution in [0.15, 0.2) is 18.2 Å². The van der Waals surface area contributed by atoms with Gasteiger partial charge in [0, 0.05) is 5.56 Å². The summed E-state index contributed by atoms with van der Waals surface area (Å²) in [6, 6.07) is 5.81. The number of hydrogen-bond acceptors (Lipinski definition) is 3. The van der Waals surface area contributed by atoms with Gasteiger partial charge in [0.1, 0.15) is 11.5 Å². The zero-order valence-electron chi connectivity index (χ0n) is 9.62. The smallest absolute Gasteiger partial charge is 0.126 e. The van der Waals surface area contributed by atoms with Gasteiger partial charge in [-0.3, -0.25) is 0 Å². The number of benzene rings is 1. The number of nitrogens with two attached hydrogens (primary N) is 1. The normalized spacial score (nSPS) is 10.5. The van der Waals surface area contributed by atoms with Crippen molar-refractivity contribution in [2.45, 2.75) is 26.4 Å². The van der Waals surface area contributed by atoms with E-state index in [0.717, 1.165) is 23.5 Å². The Morgan fingerprint density at radius 2 is 1.93 bits per heavy atom. The minimum Gasteiger partial charge on any atom is -0.496 e. The predicted molar refractivity (Wildman–Crippen MR) is 61.5 cm³/mol. The fourth-order valence-corrected chi connectivity index (χ4v) is 1.49. The van der Waals surface area contributed by atoms with Gasteiger partial charge in [0.05, 0.1) is 13.2 Å². The van der Waals surface area contributed by atoms with Gasteiger partial charge in [0.25, 0.3) is 0 Å². The summed E-state index contributed by atoms with van der Waals surface area (Å²) in [6.07, 6.45) is 0.931. The highest BCUT2D eigenvalue weighted by Gasteiger charge is 2.10. The van der Waals surface area contributed by atoms with Gasteiger partial charge in [-0.15, -0.1) is 0 Å². The molecule has 1 aromatic carbocycles. The Hall–Kier alpha value is -1.22. The highest BCUT2D eigenvalue weighted by molar-refractivity contribution is 5.45. The summed E-state index contributed by atoms with van der Waals surface area (Å²) < 4.78 is 11.0. The number of rotatable bonds is 5. The first-order valence-corrected chi connectivity index (χ1v) is 5.21. The summed E-state index contributed by atoms with van der Waals surface area (Å²) >= 11 is 0. The summed E-state index contributed by atoms with van der Waals surface area (Å²) in [5.74, 6) is 1.72. The van der Waals surface area contributed by atoms with E-state index in [1.807, 2.05) is 32.0 Å². The van der Waals surface area contributed by atoms with Crippen molar-refractivity contribution in [3.05, 3.63) is 23.8 Å². The second kappa shape index (κ2) is 5.61. The van der Waals surface area contributed by atoms with Crippen molar-refractivity contribution in [2.24, 2.45) is 5.73 Å². The van der Waals surface area contributed by atoms with Crippen LogP contribution in [-0.2, 0) is 6.42 Å². The first-order chi connectivity index (χ1) is 7.19. The van der Waals surface area contributed by atoms with Gasteiger partial charge in [-0.05, 0) is 38.9 Å². The van der Waals surface area contributed by atoms with Gasteiger partial charge >= 0.3 is 0 Å². The average molecular weight is 209 g/mol. The summed E-state index contributed by atoms with van der Waals surface area (Å²) in [7, 11) is 1.66. The molecule has 0 heterocycles. The number of ether oxygens (including phenoxy) is 2. The van der Waals surface area contributed by atoms with E-state index in [1.54, 1.807) is 7.11 Å². The van der Waals surface area contributed by atoms with Crippen LogP contribution >= 0.6 is 0 Å². The van der Waals surface area contributed by atoms with Crippen molar-refractivity contribution in [2.75, 3.05) is 13.7 Å². The lowest BCUT2D eigenvalue weighted by Gasteiger charge is -2.16. The van der Waals surface area contributed by atoms with Crippen molar-refractivity contribution in [3.63, 3.8) is 0 Å². The molecule has 0 aliphatic rings. The maximum Gasteiger partial charge on any atom is 0.126 e. The third-order valence-electron chi connectivity index (χ3n) is 2.07. The zero-order chi connectivity index (χ0) is 11.3. The Labute approximate surface area is 91.2 Å². The molecule has 0 aromatic heterocycles. The largest absolute Gasteiger partial charge is 0.496 e. The Morgan fingerprint density at radius 3 is 2.47 bits per heavy atom. The lowest BCUT2D eigenvalue weighted by Crippen LogP contribution is -2.11. The van der Waals surface area contributed by atoms with Crippen LogP contribution in [0.3, 0.4) is 0 Å². The highest BCUT2D eigenvalue weighted by atomic mass is 16.5. The highest BCUT2D eigenvalue weighted by Crippen LogP contribution is 2.29. The molecule has 1 aromatic rings. The van der Waals surface area contributed by atoms with E-state index in [4.69, 9.17) is 15.2 Å². The molecule has 0 spiro atoms. The maximum atomic E-state index is 5.70. The van der Waals surface area contributed by atoms with E-state index in [9.17, 15) is 0 Å². The summed E-state index contributed by atoms with van der Waals surface area (Å²) in [5.41, 5.74) is 6.62. The van der Waals surface area contributed by atoms with Crippen LogP contribution in [0, 0.1) is 0 Å². The fraction of sp³-hybridized carbons (Fsp3) is 0.500. The fourth-order valence-electron chi connectivity index (χ4n) is 1.49. The molecular weight excluding hydrogens is 190 g/mol. The van der Waals surface area contributed by atoms with Gasteiger partial charge in [-0.25, -0.2) is 0 Å². The molecule has 0 unspecified atom stereocenters. The van der Waals surface area contributed by atoms with Crippen molar-refractivity contribution >= 4 is 0 Å². The molecule has 1 rings (SSSR count). The van der Waals surface area contributed by atoms with Gasteiger partial charge in [-0.2, -0.15) is 0 Å². The average Bonchev–Trinajstić information content (AvgIpc) is 2.20. The van der Waals surface area contributed by atoms with E-state index in [0.29, 0.717) is 6.54 Å². The molecule has 3 heteroatoms. The first kappa shape index (κ1) is 11.9. The van der Waals surface area contributed by atoms with E-state index in [2.05, 4.69) is 0 Å². The van der Waals surface area contributed by atoms with Crippen molar-refractivity contribution in [1.82, 2.24) is 0 Å². The maximum absolute atomic E-state index is 5.70. The van der Waals surface area contributed by atoms with Crippen LogP contribution in [0.4, 0.5) is 0 Å². The lowest BCUT2D eigenvalue weighted by molar-refractivity contribution is 0.238. The molecule has 0 fully saturated rings. The van der Waals surface area contributed by atoms with Crippen LogP contribution in [-0.4, -0.2) is 19.8 Å². The topological polar surface area (TPSA) is 44.5 Å². The third kappa shape index (κ3) is 3.13. The Morgan fingerprint density at radius 1 is 1.27 bits per heavy atom. The Bertz CT molecular complexity index is 310. The first-order valence-electron chi connectivity index (χ1n) is 5.21. The number of hydrogen-bond donors (Lipinski definition) is 1. The Balaban J connectivity index is 3.01. The molecule has 2 N–H and O–H groups in total.